The van der Waals surface area contributed by atoms with E-state index in [0.29, 0.717) is 0 Å². The fourth-order valence-corrected chi connectivity index (χ4v) is 0. The van der Waals surface area contributed by atoms with Crippen molar-refractivity contribution in [1.82, 2.24) is 0 Å². The molecule has 4 heavy (non-hydrogen) atoms. The third-order valence-electron chi connectivity index (χ3n) is 0. The van der Waals surface area contributed by atoms with Crippen LogP contribution in [-0.2, 0) is 18.6 Å². The molecule has 0 saturated heterocycles. The Morgan fingerprint density at radius 3 is 1.00 bits per heavy atom. The first kappa shape index (κ1) is 39.3. The monoisotopic (exact) mass is 308 g/mol. The molecule has 0 aromatic carbocycles. The maximum Gasteiger partial charge on any atom is 0 e. The first-order valence-corrected chi connectivity index (χ1v) is 0. The van der Waals surface area contributed by atoms with Gasteiger partial charge in [0.05, 0.1) is 0 Å². The molecule has 2 N–H and O–H groups in total. The maximum atomic E-state index is 0. The van der Waals surface area contributed by atoms with Crippen LogP contribution in [0, 0.1) is 0 Å². The van der Waals surface area contributed by atoms with Crippen molar-refractivity contribution < 1.29 is 24.0 Å². The topological polar surface area (TPSA) is 31.5 Å². The normalized spacial score (nSPS) is 0. The summed E-state index contributed by atoms with van der Waals surface area (Å²) in [6.07, 6.45) is 0. The molecular formula is H5OPTlV. The van der Waals surface area contributed by atoms with Gasteiger partial charge in [0.25, 0.3) is 0 Å². The third kappa shape index (κ3) is 9.09. The quantitative estimate of drug-likeness (QED) is 0.400. The van der Waals surface area contributed by atoms with Crippen LogP contribution in [0.5, 0.6) is 0 Å². The van der Waals surface area contributed by atoms with Gasteiger partial charge >= 0.3 is 0 Å². The summed E-state index contributed by atoms with van der Waals surface area (Å²) in [5.41, 5.74) is 0. The summed E-state index contributed by atoms with van der Waals surface area (Å²) in [6.45, 7) is 0. The molecule has 0 heterocycles. The first-order chi connectivity index (χ1) is 0. The molecule has 1 atom stereocenters. The van der Waals surface area contributed by atoms with Gasteiger partial charge in [-0.1, -0.05) is 0 Å². The summed E-state index contributed by atoms with van der Waals surface area (Å²) in [7, 11) is 0. The largest absolute Gasteiger partial charge is 0.412 e. The molecule has 0 spiro atoms. The first-order valence-electron chi connectivity index (χ1n) is 0. The summed E-state index contributed by atoms with van der Waals surface area (Å²) in [4.78, 5) is 0. The summed E-state index contributed by atoms with van der Waals surface area (Å²) >= 11 is 0. The van der Waals surface area contributed by atoms with Crippen LogP contribution in [0.1, 0.15) is 0 Å². The summed E-state index contributed by atoms with van der Waals surface area (Å²) in [6, 6.07) is 0. The zero-order chi connectivity index (χ0) is 0. The van der Waals surface area contributed by atoms with E-state index in [2.05, 4.69) is 0 Å². The Morgan fingerprint density at radius 1 is 1.00 bits per heavy atom. The van der Waals surface area contributed by atoms with Gasteiger partial charge in [-0.25, -0.2) is 0 Å². The minimum atomic E-state index is 0. The molecule has 0 aliphatic carbocycles. The Bertz CT molecular complexity index is 8.00. The zero-order valence-electron chi connectivity index (χ0n) is 2.23. The fraction of sp³-hybridized carbons (Fsp3) is 0. The molecule has 0 amide bonds. The van der Waals surface area contributed by atoms with E-state index < -0.39 is 0 Å². The molecule has 1 nitrogen and oxygen atoms in total. The van der Waals surface area contributed by atoms with Crippen LogP contribution in [0.15, 0.2) is 0 Å². The Hall–Kier alpha value is 1.90. The Morgan fingerprint density at radius 2 is 1.00 bits per heavy atom. The standard InChI is InChI=1S/H2O.H3P.Tl.V/h1H2;1H3;;. The molecule has 4 heteroatoms. The van der Waals surface area contributed by atoms with Crippen molar-refractivity contribution in [3.05, 3.63) is 0 Å². The maximum absolute atomic E-state index is 0. The summed E-state index contributed by atoms with van der Waals surface area (Å²) in [5, 5.41) is 0. The van der Waals surface area contributed by atoms with Crippen LogP contribution in [0.2, 0.25) is 0 Å². The molecular weight excluding hydrogens is 302 g/mol. The predicted octanol–water partition coefficient (Wildman–Crippen LogP) is -1.15. The minimum Gasteiger partial charge on any atom is -0.412 e. The number of hydrogen-bond donors (Lipinski definition) is 0. The van der Waals surface area contributed by atoms with Crippen LogP contribution in [0.25, 0.3) is 0 Å². The van der Waals surface area contributed by atoms with Crippen molar-refractivity contribution in [3.8, 4) is 0 Å². The molecule has 0 aliphatic rings. The SMILES string of the molecule is O.P.[Tl].[V]. The fourth-order valence-electron chi connectivity index (χ4n) is 0. The van der Waals surface area contributed by atoms with Crippen LogP contribution in [0.4, 0.5) is 0 Å². The van der Waals surface area contributed by atoms with Gasteiger partial charge in [0, 0.05) is 45.9 Å². The predicted molar refractivity (Wildman–Crippen MR) is 20.5 cm³/mol. The van der Waals surface area contributed by atoms with E-state index in [1.165, 1.54) is 0 Å². The van der Waals surface area contributed by atoms with E-state index in [1.54, 1.807) is 0 Å². The second-order valence-electron chi connectivity index (χ2n) is 0. The van der Waals surface area contributed by atoms with E-state index in [1.807, 2.05) is 0 Å². The van der Waals surface area contributed by atoms with Crippen LogP contribution in [-0.4, -0.2) is 32.8 Å². The molecule has 0 saturated carbocycles. The molecule has 0 aromatic heterocycles. The van der Waals surface area contributed by atoms with Crippen molar-refractivity contribution in [2.45, 2.75) is 0 Å². The molecule has 24 valence electrons. The van der Waals surface area contributed by atoms with Crippen molar-refractivity contribution in [1.29, 1.82) is 0 Å². The molecule has 0 aromatic rings. The average Bonchev–Trinajstić information content (AvgIpc) is 0. The molecule has 1 unspecified atom stereocenters. The molecule has 0 fully saturated rings. The summed E-state index contributed by atoms with van der Waals surface area (Å²) in [5.74, 6) is 0. The molecule has 0 aliphatic heterocycles. The van der Waals surface area contributed by atoms with Gasteiger partial charge in [-0.05, 0) is 0 Å². The van der Waals surface area contributed by atoms with Crippen molar-refractivity contribution in [2.24, 2.45) is 0 Å². The third-order valence-corrected chi connectivity index (χ3v) is 0. The second-order valence-corrected chi connectivity index (χ2v) is 0. The molecule has 0 rings (SSSR count). The number of rotatable bonds is 0. The van der Waals surface area contributed by atoms with Gasteiger partial charge in [0.1, 0.15) is 0 Å². The van der Waals surface area contributed by atoms with Crippen molar-refractivity contribution in [2.75, 3.05) is 0 Å². The van der Waals surface area contributed by atoms with Crippen LogP contribution in [0.3, 0.4) is 0 Å². The smallest absolute Gasteiger partial charge is 0 e. The van der Waals surface area contributed by atoms with E-state index in [9.17, 15) is 0 Å². The van der Waals surface area contributed by atoms with E-state index in [0.717, 1.165) is 0 Å². The van der Waals surface area contributed by atoms with Crippen LogP contribution < -0.4 is 0 Å². The van der Waals surface area contributed by atoms with Crippen LogP contribution >= 0.6 is 9.90 Å². The van der Waals surface area contributed by atoms with Gasteiger partial charge < -0.3 is 5.48 Å². The Kier molecular flexibility index (Phi) is 203. The van der Waals surface area contributed by atoms with Gasteiger partial charge in [-0.15, -0.1) is 0 Å². The van der Waals surface area contributed by atoms with E-state index >= 15 is 0 Å². The van der Waals surface area contributed by atoms with Gasteiger partial charge in [0.2, 0.25) is 0 Å². The Balaban J connectivity index is 0. The van der Waals surface area contributed by atoms with Gasteiger partial charge in [-0.3, -0.25) is 0 Å². The summed E-state index contributed by atoms with van der Waals surface area (Å²) < 4.78 is 0. The molecule has 0 bridgehead atoms. The second kappa shape index (κ2) is 20.7. The van der Waals surface area contributed by atoms with E-state index in [4.69, 9.17) is 0 Å². The average molecular weight is 307 g/mol. The van der Waals surface area contributed by atoms with E-state index in [-0.39, 0.29) is 61.2 Å². The van der Waals surface area contributed by atoms with Crippen molar-refractivity contribution >= 4 is 37.2 Å². The zero-order valence-corrected chi connectivity index (χ0v) is 9.53. The van der Waals surface area contributed by atoms with Crippen molar-refractivity contribution in [3.63, 3.8) is 0 Å². The minimum absolute atomic E-state index is 0. The van der Waals surface area contributed by atoms with Gasteiger partial charge in [-0.2, -0.15) is 9.90 Å². The van der Waals surface area contributed by atoms with Gasteiger partial charge in [0.15, 0.2) is 0 Å². The number of hydrogen-bond acceptors (Lipinski definition) is 0. The molecule has 2 radical (unpaired) electrons. The Labute approximate surface area is 60.9 Å².